The molecule has 0 bridgehead atoms. The predicted molar refractivity (Wildman–Crippen MR) is 96.8 cm³/mol. The maximum absolute atomic E-state index is 12.6. The summed E-state index contributed by atoms with van der Waals surface area (Å²) < 4.78 is 0. The first-order valence-electron chi connectivity index (χ1n) is 8.62. The molecule has 122 valence electrons. The van der Waals surface area contributed by atoms with E-state index in [1.165, 1.54) is 27.7 Å². The summed E-state index contributed by atoms with van der Waals surface area (Å²) in [4.78, 5) is 16.1. The van der Waals surface area contributed by atoms with Crippen LogP contribution in [0.2, 0.25) is 0 Å². The Bertz CT molecular complexity index is 876. The minimum Gasteiger partial charge on any atom is -0.358 e. The number of nitrogens with one attached hydrogen (secondary N) is 2. The van der Waals surface area contributed by atoms with E-state index >= 15 is 0 Å². The number of hydrogen-bond donors (Lipinski definition) is 2. The van der Waals surface area contributed by atoms with Gasteiger partial charge in [0.05, 0.1) is 0 Å². The zero-order chi connectivity index (χ0) is 16.5. The monoisotopic (exact) mass is 318 g/mol. The van der Waals surface area contributed by atoms with Gasteiger partial charge < -0.3 is 10.3 Å². The lowest BCUT2D eigenvalue weighted by Crippen LogP contribution is -2.33. The maximum Gasteiger partial charge on any atom is 0.223 e. The van der Waals surface area contributed by atoms with E-state index in [9.17, 15) is 4.79 Å². The topological polar surface area (TPSA) is 44.9 Å². The van der Waals surface area contributed by atoms with Gasteiger partial charge in [-0.25, -0.2) is 0 Å². The molecule has 2 aromatic carbocycles. The highest BCUT2D eigenvalue weighted by Crippen LogP contribution is 2.31. The van der Waals surface area contributed by atoms with E-state index in [-0.39, 0.29) is 11.8 Å². The average molecular weight is 318 g/mol. The summed E-state index contributed by atoms with van der Waals surface area (Å²) >= 11 is 0. The first-order valence-corrected chi connectivity index (χ1v) is 8.62. The Kier molecular flexibility index (Phi) is 3.85. The van der Waals surface area contributed by atoms with Crippen LogP contribution in [0.1, 0.15) is 28.8 Å². The molecule has 1 atom stereocenters. The van der Waals surface area contributed by atoms with Gasteiger partial charge in [-0.05, 0) is 43.4 Å². The van der Waals surface area contributed by atoms with Crippen molar-refractivity contribution in [1.82, 2.24) is 10.3 Å². The van der Waals surface area contributed by atoms with Crippen molar-refractivity contribution >= 4 is 16.8 Å². The summed E-state index contributed by atoms with van der Waals surface area (Å²) in [6.45, 7) is 2.68. The third kappa shape index (κ3) is 2.82. The normalized spacial score (nSPS) is 16.8. The molecule has 24 heavy (non-hydrogen) atoms. The minimum atomic E-state index is 0.0714. The lowest BCUT2D eigenvalue weighted by molar-refractivity contribution is -0.125. The Morgan fingerprint density at radius 1 is 1.17 bits per heavy atom. The fraction of sp³-hybridized carbons (Fsp3) is 0.286. The summed E-state index contributed by atoms with van der Waals surface area (Å²) in [7, 11) is 0. The van der Waals surface area contributed by atoms with E-state index in [2.05, 4.69) is 65.8 Å². The average Bonchev–Trinajstić information content (AvgIpc) is 2.99. The molecule has 0 radical (unpaired) electrons. The van der Waals surface area contributed by atoms with E-state index in [0.717, 1.165) is 24.8 Å². The lowest BCUT2D eigenvalue weighted by atomic mass is 9.86. The Morgan fingerprint density at radius 2 is 1.96 bits per heavy atom. The molecular formula is C21H22N2O. The van der Waals surface area contributed by atoms with Gasteiger partial charge in [0, 0.05) is 29.1 Å². The molecule has 0 fully saturated rings. The van der Waals surface area contributed by atoms with Crippen LogP contribution < -0.4 is 5.32 Å². The van der Waals surface area contributed by atoms with Crippen molar-refractivity contribution in [3.05, 3.63) is 70.9 Å². The van der Waals surface area contributed by atoms with Crippen molar-refractivity contribution in [1.29, 1.82) is 0 Å². The van der Waals surface area contributed by atoms with Crippen LogP contribution in [0.25, 0.3) is 10.9 Å². The van der Waals surface area contributed by atoms with Crippen LogP contribution in [-0.4, -0.2) is 10.9 Å². The van der Waals surface area contributed by atoms with E-state index in [1.807, 2.05) is 0 Å². The summed E-state index contributed by atoms with van der Waals surface area (Å²) in [5.41, 5.74) is 6.20. The molecule has 1 aliphatic carbocycles. The van der Waals surface area contributed by atoms with Gasteiger partial charge in [0.15, 0.2) is 0 Å². The largest absolute Gasteiger partial charge is 0.358 e. The third-order valence-electron chi connectivity index (χ3n) is 5.05. The number of carbonyl (C=O) groups is 1. The van der Waals surface area contributed by atoms with E-state index < -0.39 is 0 Å². The third-order valence-corrected chi connectivity index (χ3v) is 5.05. The van der Waals surface area contributed by atoms with Crippen LogP contribution in [0.15, 0.2) is 48.5 Å². The molecule has 2 N–H and O–H groups in total. The Balaban J connectivity index is 1.45. The number of hydrogen-bond acceptors (Lipinski definition) is 1. The SMILES string of the molecule is Cc1ccc(CNC(=O)C2CCc3[nH]c4ccccc4c3C2)cc1. The molecular weight excluding hydrogens is 296 g/mol. The van der Waals surface area contributed by atoms with Crippen LogP contribution in [0.4, 0.5) is 0 Å². The number of aromatic amines is 1. The molecule has 1 aliphatic rings. The lowest BCUT2D eigenvalue weighted by Gasteiger charge is -2.22. The molecule has 4 rings (SSSR count). The minimum absolute atomic E-state index is 0.0714. The van der Waals surface area contributed by atoms with Crippen molar-refractivity contribution in [2.24, 2.45) is 5.92 Å². The second kappa shape index (κ2) is 6.16. The molecule has 1 amide bonds. The second-order valence-electron chi connectivity index (χ2n) is 6.77. The number of H-pyrrole nitrogens is 1. The van der Waals surface area contributed by atoms with Gasteiger partial charge >= 0.3 is 0 Å². The Labute approximate surface area is 142 Å². The van der Waals surface area contributed by atoms with Crippen LogP contribution in [-0.2, 0) is 24.2 Å². The summed E-state index contributed by atoms with van der Waals surface area (Å²) in [5.74, 6) is 0.244. The molecule has 3 nitrogen and oxygen atoms in total. The summed E-state index contributed by atoms with van der Waals surface area (Å²) in [5, 5.41) is 4.38. The van der Waals surface area contributed by atoms with Crippen LogP contribution in [0, 0.1) is 12.8 Å². The smallest absolute Gasteiger partial charge is 0.223 e. The Hall–Kier alpha value is -2.55. The van der Waals surface area contributed by atoms with Crippen molar-refractivity contribution in [3.63, 3.8) is 0 Å². The van der Waals surface area contributed by atoms with Gasteiger partial charge in [-0.15, -0.1) is 0 Å². The van der Waals surface area contributed by atoms with E-state index in [1.54, 1.807) is 0 Å². The number of rotatable bonds is 3. The highest BCUT2D eigenvalue weighted by atomic mass is 16.1. The maximum atomic E-state index is 12.6. The van der Waals surface area contributed by atoms with Crippen LogP contribution in [0.5, 0.6) is 0 Å². The van der Waals surface area contributed by atoms with Gasteiger partial charge in [-0.3, -0.25) is 4.79 Å². The number of fused-ring (bicyclic) bond motifs is 3. The molecule has 3 aromatic rings. The molecule has 0 saturated carbocycles. The number of para-hydroxylation sites is 1. The van der Waals surface area contributed by atoms with E-state index in [0.29, 0.717) is 6.54 Å². The van der Waals surface area contributed by atoms with E-state index in [4.69, 9.17) is 0 Å². The van der Waals surface area contributed by atoms with Gasteiger partial charge in [-0.1, -0.05) is 48.0 Å². The number of aryl methyl sites for hydroxylation is 2. The van der Waals surface area contributed by atoms with Crippen molar-refractivity contribution in [2.75, 3.05) is 0 Å². The molecule has 0 saturated heterocycles. The molecule has 0 aliphatic heterocycles. The van der Waals surface area contributed by atoms with Gasteiger partial charge in [0.25, 0.3) is 0 Å². The summed E-state index contributed by atoms with van der Waals surface area (Å²) in [6, 6.07) is 16.7. The van der Waals surface area contributed by atoms with Gasteiger partial charge in [-0.2, -0.15) is 0 Å². The van der Waals surface area contributed by atoms with Crippen molar-refractivity contribution in [3.8, 4) is 0 Å². The highest BCUT2D eigenvalue weighted by Gasteiger charge is 2.27. The second-order valence-corrected chi connectivity index (χ2v) is 6.77. The number of aromatic nitrogens is 1. The van der Waals surface area contributed by atoms with Gasteiger partial charge in [0.2, 0.25) is 5.91 Å². The molecule has 1 heterocycles. The molecule has 1 unspecified atom stereocenters. The predicted octanol–water partition coefficient (Wildman–Crippen LogP) is 3.90. The number of amides is 1. The number of benzene rings is 2. The fourth-order valence-corrected chi connectivity index (χ4v) is 3.63. The van der Waals surface area contributed by atoms with Crippen molar-refractivity contribution < 1.29 is 4.79 Å². The molecule has 3 heteroatoms. The van der Waals surface area contributed by atoms with Crippen LogP contribution >= 0.6 is 0 Å². The standard InChI is InChI=1S/C21H22N2O/c1-14-6-8-15(9-7-14)13-22-21(24)16-10-11-20-18(12-16)17-4-2-3-5-19(17)23-20/h2-9,16,23H,10-13H2,1H3,(H,22,24). The summed E-state index contributed by atoms with van der Waals surface area (Å²) in [6.07, 6.45) is 2.70. The zero-order valence-corrected chi connectivity index (χ0v) is 13.9. The fourth-order valence-electron chi connectivity index (χ4n) is 3.63. The Morgan fingerprint density at radius 3 is 2.79 bits per heavy atom. The first kappa shape index (κ1) is 15.0. The van der Waals surface area contributed by atoms with Crippen LogP contribution in [0.3, 0.4) is 0 Å². The quantitative estimate of drug-likeness (QED) is 0.756. The zero-order valence-electron chi connectivity index (χ0n) is 13.9. The molecule has 0 spiro atoms. The first-order chi connectivity index (χ1) is 11.7. The molecule has 1 aromatic heterocycles. The van der Waals surface area contributed by atoms with Gasteiger partial charge in [0.1, 0.15) is 0 Å². The van der Waals surface area contributed by atoms with Crippen molar-refractivity contribution in [2.45, 2.75) is 32.7 Å². The number of carbonyl (C=O) groups excluding carboxylic acids is 1. The highest BCUT2D eigenvalue weighted by molar-refractivity contribution is 5.87.